The van der Waals surface area contributed by atoms with Gasteiger partial charge in [0.15, 0.2) is 5.78 Å². The summed E-state index contributed by atoms with van der Waals surface area (Å²) in [6.45, 7) is 4.13. The lowest BCUT2D eigenvalue weighted by Crippen LogP contribution is -2.09. The third-order valence-corrected chi connectivity index (χ3v) is 3.35. The van der Waals surface area contributed by atoms with E-state index in [0.717, 1.165) is 40.8 Å². The molecule has 0 aliphatic heterocycles. The van der Waals surface area contributed by atoms with Crippen LogP contribution in [0.25, 0.3) is 10.9 Å². The first-order valence-corrected chi connectivity index (χ1v) is 6.21. The van der Waals surface area contributed by atoms with Crippen LogP contribution in [0.2, 0.25) is 0 Å². The number of carbonyl (C=O) groups is 1. The topological polar surface area (TPSA) is 42.1 Å². The summed E-state index contributed by atoms with van der Waals surface area (Å²) in [6.07, 6.45) is 4.28. The van der Waals surface area contributed by atoms with Gasteiger partial charge in [0.25, 0.3) is 0 Å². The lowest BCUT2D eigenvalue weighted by Gasteiger charge is -2.09. The Kier molecular flexibility index (Phi) is 2.67. The highest BCUT2D eigenvalue weighted by molar-refractivity contribution is 6.03. The summed E-state index contributed by atoms with van der Waals surface area (Å²) < 4.78 is 5.53. The highest BCUT2D eigenvalue weighted by Crippen LogP contribution is 2.31. The fourth-order valence-electron chi connectivity index (χ4n) is 2.52. The van der Waals surface area contributed by atoms with Gasteiger partial charge in [0.05, 0.1) is 5.69 Å². The molecule has 1 N–H and O–H groups in total. The van der Waals surface area contributed by atoms with E-state index in [-0.39, 0.29) is 5.78 Å². The average Bonchev–Trinajstić information content (AvgIpc) is 2.76. The molecule has 1 aromatic heterocycles. The van der Waals surface area contributed by atoms with Crippen LogP contribution in [0.1, 0.15) is 28.9 Å². The number of carbonyl (C=O) groups excluding carboxylic acids is 1. The van der Waals surface area contributed by atoms with Crippen LogP contribution in [0, 0.1) is 0 Å². The van der Waals surface area contributed by atoms with Crippen molar-refractivity contribution >= 4 is 16.7 Å². The zero-order valence-corrected chi connectivity index (χ0v) is 10.2. The first-order valence-electron chi connectivity index (χ1n) is 6.21. The lowest BCUT2D eigenvalue weighted by molar-refractivity contribution is 0.0968. The normalized spacial score (nSPS) is 14.6. The van der Waals surface area contributed by atoms with Crippen molar-refractivity contribution in [2.75, 3.05) is 6.61 Å². The van der Waals surface area contributed by atoms with Crippen molar-refractivity contribution in [3.63, 3.8) is 0 Å². The van der Waals surface area contributed by atoms with Crippen LogP contribution in [-0.4, -0.2) is 17.4 Å². The molecule has 0 atom stereocenters. The highest BCUT2D eigenvalue weighted by atomic mass is 16.5. The van der Waals surface area contributed by atoms with Gasteiger partial charge in [0.2, 0.25) is 0 Å². The quantitative estimate of drug-likeness (QED) is 0.838. The largest absolute Gasteiger partial charge is 0.490 e. The second-order valence-corrected chi connectivity index (χ2v) is 4.56. The molecular formula is C15H15NO2. The predicted octanol–water partition coefficient (Wildman–Crippen LogP) is 3.25. The van der Waals surface area contributed by atoms with Gasteiger partial charge in [-0.3, -0.25) is 4.79 Å². The van der Waals surface area contributed by atoms with E-state index in [0.29, 0.717) is 13.0 Å². The molecule has 0 bridgehead atoms. The summed E-state index contributed by atoms with van der Waals surface area (Å²) in [4.78, 5) is 15.1. The molecule has 0 saturated carbocycles. The Hall–Kier alpha value is -2.03. The summed E-state index contributed by atoms with van der Waals surface area (Å²) in [5.41, 5.74) is 2.95. The second kappa shape index (κ2) is 4.33. The molecule has 1 aliphatic carbocycles. The van der Waals surface area contributed by atoms with Crippen LogP contribution < -0.4 is 4.74 Å². The predicted molar refractivity (Wildman–Crippen MR) is 71.3 cm³/mol. The zero-order chi connectivity index (χ0) is 12.5. The van der Waals surface area contributed by atoms with Gasteiger partial charge < -0.3 is 9.72 Å². The Morgan fingerprint density at radius 1 is 1.39 bits per heavy atom. The Labute approximate surface area is 105 Å². The number of nitrogens with one attached hydrogen (secondary N) is 1. The molecule has 1 aromatic carbocycles. The Balaban J connectivity index is 2.09. The van der Waals surface area contributed by atoms with E-state index in [1.807, 2.05) is 18.2 Å². The van der Waals surface area contributed by atoms with Gasteiger partial charge in [0, 0.05) is 17.3 Å². The molecule has 0 fully saturated rings. The van der Waals surface area contributed by atoms with Gasteiger partial charge in [-0.15, -0.1) is 0 Å². The number of rotatable bonds is 3. The number of aryl methyl sites for hydroxylation is 1. The summed E-state index contributed by atoms with van der Waals surface area (Å²) in [5.74, 6) is 1.04. The van der Waals surface area contributed by atoms with E-state index in [1.54, 1.807) is 6.08 Å². The summed E-state index contributed by atoms with van der Waals surface area (Å²) in [7, 11) is 0. The van der Waals surface area contributed by atoms with Crippen molar-refractivity contribution in [2.45, 2.75) is 19.3 Å². The molecule has 0 radical (unpaired) electrons. The van der Waals surface area contributed by atoms with Crippen molar-refractivity contribution in [3.05, 3.63) is 42.1 Å². The summed E-state index contributed by atoms with van der Waals surface area (Å²) >= 11 is 0. The number of Topliss-reactive ketones (excluding diaryl/α,β-unsaturated/α-hetero) is 1. The summed E-state index contributed by atoms with van der Waals surface area (Å²) in [6, 6.07) is 5.89. The third-order valence-electron chi connectivity index (χ3n) is 3.35. The number of fused-ring (bicyclic) bond motifs is 3. The van der Waals surface area contributed by atoms with Crippen LogP contribution in [-0.2, 0) is 6.42 Å². The maximum Gasteiger partial charge on any atom is 0.179 e. The number of aromatic nitrogens is 1. The van der Waals surface area contributed by atoms with Crippen LogP contribution in [0.4, 0.5) is 0 Å². The maximum atomic E-state index is 11.8. The van der Waals surface area contributed by atoms with E-state index in [1.165, 1.54) is 0 Å². The monoisotopic (exact) mass is 241 g/mol. The van der Waals surface area contributed by atoms with Crippen molar-refractivity contribution in [3.8, 4) is 5.75 Å². The Bertz CT molecular complexity index is 625. The minimum absolute atomic E-state index is 0.223. The number of hydrogen-bond acceptors (Lipinski definition) is 2. The molecule has 18 heavy (non-hydrogen) atoms. The molecule has 0 amide bonds. The number of benzene rings is 1. The molecule has 1 aliphatic rings. The van der Waals surface area contributed by atoms with Crippen LogP contribution >= 0.6 is 0 Å². The molecule has 0 unspecified atom stereocenters. The summed E-state index contributed by atoms with van der Waals surface area (Å²) in [5, 5.41) is 1.11. The molecule has 3 rings (SSSR count). The van der Waals surface area contributed by atoms with Gasteiger partial charge >= 0.3 is 0 Å². The van der Waals surface area contributed by atoms with E-state index in [2.05, 4.69) is 11.6 Å². The van der Waals surface area contributed by atoms with Crippen LogP contribution in [0.3, 0.4) is 0 Å². The number of hydrogen-bond donors (Lipinski definition) is 1. The minimum Gasteiger partial charge on any atom is -0.490 e. The lowest BCUT2D eigenvalue weighted by atomic mass is 9.95. The molecule has 92 valence electrons. The van der Waals surface area contributed by atoms with Crippen LogP contribution in [0.5, 0.6) is 5.75 Å². The highest BCUT2D eigenvalue weighted by Gasteiger charge is 2.21. The standard InChI is InChI=1S/C15H15NO2/c1-2-8-18-10-6-7-13-12(9-10)11-4-3-5-14(17)15(11)16-13/h2,6-7,9,16H,1,3-5,8H2. The SMILES string of the molecule is C=CCOc1ccc2[nH]c3c(c2c1)CCCC3=O. The molecule has 2 aromatic rings. The zero-order valence-electron chi connectivity index (χ0n) is 10.2. The molecular weight excluding hydrogens is 226 g/mol. The Morgan fingerprint density at radius 3 is 3.11 bits per heavy atom. The average molecular weight is 241 g/mol. The number of H-pyrrole nitrogens is 1. The first kappa shape index (κ1) is 11.1. The molecule has 3 nitrogen and oxygen atoms in total. The van der Waals surface area contributed by atoms with Crippen LogP contribution in [0.15, 0.2) is 30.9 Å². The second-order valence-electron chi connectivity index (χ2n) is 4.56. The maximum absolute atomic E-state index is 11.8. The van der Waals surface area contributed by atoms with Crippen molar-refractivity contribution in [1.29, 1.82) is 0 Å². The van der Waals surface area contributed by atoms with E-state index >= 15 is 0 Å². The number of aromatic amines is 1. The Morgan fingerprint density at radius 2 is 2.28 bits per heavy atom. The number of ketones is 1. The van der Waals surface area contributed by atoms with Gasteiger partial charge in [-0.05, 0) is 36.6 Å². The van der Waals surface area contributed by atoms with E-state index in [9.17, 15) is 4.79 Å². The van der Waals surface area contributed by atoms with E-state index in [4.69, 9.17) is 4.74 Å². The fraction of sp³-hybridized carbons (Fsp3) is 0.267. The minimum atomic E-state index is 0.223. The molecule has 0 saturated heterocycles. The molecule has 3 heteroatoms. The number of ether oxygens (including phenoxy) is 1. The molecule has 0 spiro atoms. The first-order chi connectivity index (χ1) is 8.79. The smallest absolute Gasteiger partial charge is 0.179 e. The van der Waals surface area contributed by atoms with Crippen molar-refractivity contribution < 1.29 is 9.53 Å². The molecule has 1 heterocycles. The fourth-order valence-corrected chi connectivity index (χ4v) is 2.52. The van der Waals surface area contributed by atoms with Gasteiger partial charge in [-0.2, -0.15) is 0 Å². The van der Waals surface area contributed by atoms with Gasteiger partial charge in [0.1, 0.15) is 12.4 Å². The third kappa shape index (κ3) is 1.72. The van der Waals surface area contributed by atoms with Gasteiger partial charge in [-0.25, -0.2) is 0 Å². The van der Waals surface area contributed by atoms with Gasteiger partial charge in [-0.1, -0.05) is 12.7 Å². The van der Waals surface area contributed by atoms with Crippen molar-refractivity contribution in [1.82, 2.24) is 4.98 Å². The van der Waals surface area contributed by atoms with E-state index < -0.39 is 0 Å². The van der Waals surface area contributed by atoms with Crippen molar-refractivity contribution in [2.24, 2.45) is 0 Å².